The molecule has 0 aromatic rings. The van der Waals surface area contributed by atoms with Crippen LogP contribution in [0.5, 0.6) is 0 Å². The normalized spacial score (nSPS) is 25.3. The van der Waals surface area contributed by atoms with Crippen LogP contribution < -0.4 is 5.32 Å². The molecule has 0 aliphatic carbocycles. The van der Waals surface area contributed by atoms with Gasteiger partial charge in [-0.15, -0.1) is 0 Å². The molecule has 1 amide bonds. The molecule has 0 saturated carbocycles. The maximum Gasteiger partial charge on any atom is 0.326 e. The molecule has 0 bridgehead atoms. The summed E-state index contributed by atoms with van der Waals surface area (Å²) in [6, 6.07) is -1.03. The fourth-order valence-corrected chi connectivity index (χ4v) is 3.99. The molecule has 0 spiro atoms. The number of aliphatic carboxylic acids is 1. The quantitative estimate of drug-likeness (QED) is 0.771. The van der Waals surface area contributed by atoms with Crippen LogP contribution in [0.2, 0.25) is 0 Å². The van der Waals surface area contributed by atoms with E-state index in [1.165, 1.54) is 0 Å². The Hall–Kier alpha value is -1.11. The van der Waals surface area contributed by atoms with E-state index in [4.69, 9.17) is 5.11 Å². The molecule has 2 unspecified atom stereocenters. The van der Waals surface area contributed by atoms with Crippen molar-refractivity contribution in [2.75, 3.05) is 5.75 Å². The number of rotatable bonds is 5. The molecule has 1 rings (SSSR count). The first-order chi connectivity index (χ1) is 8.79. The standard InChI is InChI=1S/C12H21NO5S/c1-3-8(2)10(12(15)16)13-11(14)9-6-4-5-7-19(9,17)18/h8-10H,3-7H2,1-2H3,(H,13,14)(H,15,16)/t8?,9?,10-/m0/s1. The molecular formula is C12H21NO5S. The van der Waals surface area contributed by atoms with Gasteiger partial charge in [0.05, 0.1) is 5.75 Å². The van der Waals surface area contributed by atoms with Crippen LogP contribution in [0.4, 0.5) is 0 Å². The molecule has 1 heterocycles. The van der Waals surface area contributed by atoms with Crippen molar-refractivity contribution >= 4 is 21.7 Å². The summed E-state index contributed by atoms with van der Waals surface area (Å²) in [7, 11) is -3.43. The van der Waals surface area contributed by atoms with Gasteiger partial charge in [0, 0.05) is 0 Å². The Kier molecular flexibility index (Phi) is 5.34. The van der Waals surface area contributed by atoms with Crippen molar-refractivity contribution in [1.82, 2.24) is 5.32 Å². The number of sulfone groups is 1. The van der Waals surface area contributed by atoms with Gasteiger partial charge >= 0.3 is 5.97 Å². The van der Waals surface area contributed by atoms with Crippen molar-refractivity contribution in [3.05, 3.63) is 0 Å². The first-order valence-electron chi connectivity index (χ1n) is 6.54. The lowest BCUT2D eigenvalue weighted by molar-refractivity contribution is -0.143. The molecule has 6 nitrogen and oxygen atoms in total. The molecule has 3 atom stereocenters. The van der Waals surface area contributed by atoms with E-state index in [1.54, 1.807) is 6.92 Å². The molecule has 7 heteroatoms. The summed E-state index contributed by atoms with van der Waals surface area (Å²) < 4.78 is 23.6. The predicted molar refractivity (Wildman–Crippen MR) is 70.4 cm³/mol. The van der Waals surface area contributed by atoms with Gasteiger partial charge in [-0.25, -0.2) is 13.2 Å². The molecule has 1 fully saturated rings. The lowest BCUT2D eigenvalue weighted by atomic mass is 9.99. The molecule has 1 aliphatic rings. The Morgan fingerprint density at radius 3 is 2.47 bits per heavy atom. The van der Waals surface area contributed by atoms with Crippen LogP contribution in [-0.2, 0) is 19.4 Å². The van der Waals surface area contributed by atoms with E-state index in [0.29, 0.717) is 19.3 Å². The Bertz CT molecular complexity index is 445. The summed E-state index contributed by atoms with van der Waals surface area (Å²) in [5.41, 5.74) is 0. The second-order valence-electron chi connectivity index (χ2n) is 5.06. The number of hydrogen-bond acceptors (Lipinski definition) is 4. The maximum absolute atomic E-state index is 12.0. The minimum atomic E-state index is -3.43. The number of hydrogen-bond donors (Lipinski definition) is 2. The van der Waals surface area contributed by atoms with Crippen LogP contribution >= 0.6 is 0 Å². The van der Waals surface area contributed by atoms with Crippen molar-refractivity contribution in [1.29, 1.82) is 0 Å². The van der Waals surface area contributed by atoms with E-state index in [1.807, 2.05) is 6.92 Å². The molecule has 0 radical (unpaired) electrons. The van der Waals surface area contributed by atoms with E-state index in [-0.39, 0.29) is 18.1 Å². The second kappa shape index (κ2) is 6.36. The molecule has 19 heavy (non-hydrogen) atoms. The fourth-order valence-electron chi connectivity index (χ4n) is 2.18. The largest absolute Gasteiger partial charge is 0.480 e. The van der Waals surface area contributed by atoms with Crippen LogP contribution in [0.1, 0.15) is 39.5 Å². The van der Waals surface area contributed by atoms with Crippen LogP contribution in [0.15, 0.2) is 0 Å². The number of carbonyl (C=O) groups is 2. The number of carboxylic acids is 1. The van der Waals surface area contributed by atoms with E-state index in [2.05, 4.69) is 5.32 Å². The third kappa shape index (κ3) is 3.92. The van der Waals surface area contributed by atoms with Crippen molar-refractivity contribution in [2.45, 2.75) is 50.8 Å². The summed E-state index contributed by atoms with van der Waals surface area (Å²) in [6.07, 6.45) is 2.12. The number of amides is 1. The lowest BCUT2D eigenvalue weighted by Gasteiger charge is -2.25. The number of carbonyl (C=O) groups excluding carboxylic acids is 1. The van der Waals surface area contributed by atoms with Gasteiger partial charge in [-0.1, -0.05) is 26.7 Å². The summed E-state index contributed by atoms with van der Waals surface area (Å²) >= 11 is 0. The topological polar surface area (TPSA) is 101 Å². The second-order valence-corrected chi connectivity index (χ2v) is 7.36. The third-order valence-corrected chi connectivity index (χ3v) is 5.82. The van der Waals surface area contributed by atoms with Crippen LogP contribution in [0, 0.1) is 5.92 Å². The van der Waals surface area contributed by atoms with Crippen LogP contribution in [0.25, 0.3) is 0 Å². The zero-order valence-electron chi connectivity index (χ0n) is 11.3. The summed E-state index contributed by atoms with van der Waals surface area (Å²) in [5, 5.41) is 10.4. The third-order valence-electron chi connectivity index (χ3n) is 3.65. The molecule has 0 aromatic carbocycles. The average Bonchev–Trinajstić information content (AvgIpc) is 2.33. The SMILES string of the molecule is CCC(C)[C@H](NC(=O)C1CCCCS1(=O)=O)C(=O)O. The van der Waals surface area contributed by atoms with E-state index < -0.39 is 33.0 Å². The molecule has 110 valence electrons. The van der Waals surface area contributed by atoms with Crippen molar-refractivity contribution < 1.29 is 23.1 Å². The van der Waals surface area contributed by atoms with Crippen molar-refractivity contribution in [3.8, 4) is 0 Å². The van der Waals surface area contributed by atoms with Gasteiger partial charge in [0.2, 0.25) is 5.91 Å². The van der Waals surface area contributed by atoms with Crippen molar-refractivity contribution in [2.24, 2.45) is 5.92 Å². The van der Waals surface area contributed by atoms with Gasteiger partial charge in [-0.05, 0) is 18.8 Å². The minimum Gasteiger partial charge on any atom is -0.480 e. The highest BCUT2D eigenvalue weighted by molar-refractivity contribution is 7.92. The van der Waals surface area contributed by atoms with E-state index in [9.17, 15) is 18.0 Å². The summed E-state index contributed by atoms with van der Waals surface area (Å²) in [6.45, 7) is 3.54. The van der Waals surface area contributed by atoms with Gasteiger partial charge < -0.3 is 10.4 Å². The van der Waals surface area contributed by atoms with Gasteiger partial charge in [-0.2, -0.15) is 0 Å². The van der Waals surface area contributed by atoms with Gasteiger partial charge in [0.1, 0.15) is 11.3 Å². The van der Waals surface area contributed by atoms with Gasteiger partial charge in [-0.3, -0.25) is 4.79 Å². The highest BCUT2D eigenvalue weighted by Gasteiger charge is 2.37. The molecule has 2 N–H and O–H groups in total. The Morgan fingerprint density at radius 2 is 2.00 bits per heavy atom. The average molecular weight is 291 g/mol. The zero-order valence-corrected chi connectivity index (χ0v) is 12.1. The Morgan fingerprint density at radius 1 is 1.37 bits per heavy atom. The Labute approximate surface area is 113 Å². The highest BCUT2D eigenvalue weighted by Crippen LogP contribution is 2.20. The molecule has 1 saturated heterocycles. The van der Waals surface area contributed by atoms with Crippen LogP contribution in [-0.4, -0.2) is 42.4 Å². The first kappa shape index (κ1) is 15.9. The van der Waals surface area contributed by atoms with E-state index in [0.717, 1.165) is 0 Å². The molecule has 1 aliphatic heterocycles. The van der Waals surface area contributed by atoms with E-state index >= 15 is 0 Å². The van der Waals surface area contributed by atoms with Crippen LogP contribution in [0.3, 0.4) is 0 Å². The summed E-state index contributed by atoms with van der Waals surface area (Å²) in [4.78, 5) is 23.1. The zero-order chi connectivity index (χ0) is 14.6. The first-order valence-corrected chi connectivity index (χ1v) is 8.26. The Balaban J connectivity index is 2.79. The molecule has 0 aromatic heterocycles. The number of nitrogens with one attached hydrogen (secondary N) is 1. The monoisotopic (exact) mass is 291 g/mol. The van der Waals surface area contributed by atoms with Gasteiger partial charge in [0.25, 0.3) is 0 Å². The lowest BCUT2D eigenvalue weighted by Crippen LogP contribution is -2.51. The smallest absolute Gasteiger partial charge is 0.326 e. The minimum absolute atomic E-state index is 0.00611. The number of carboxylic acid groups (broad SMARTS) is 1. The molecular weight excluding hydrogens is 270 g/mol. The predicted octanol–water partition coefficient (Wildman–Crippen LogP) is 0.569. The van der Waals surface area contributed by atoms with Gasteiger partial charge in [0.15, 0.2) is 9.84 Å². The maximum atomic E-state index is 12.0. The highest BCUT2D eigenvalue weighted by atomic mass is 32.2. The fraction of sp³-hybridized carbons (Fsp3) is 0.833. The van der Waals surface area contributed by atoms with Crippen molar-refractivity contribution in [3.63, 3.8) is 0 Å². The summed E-state index contributed by atoms with van der Waals surface area (Å²) in [5.74, 6) is -2.04.